The zero-order chi connectivity index (χ0) is 18.8. The van der Waals surface area contributed by atoms with Crippen molar-refractivity contribution in [3.63, 3.8) is 0 Å². The van der Waals surface area contributed by atoms with Crippen molar-refractivity contribution < 1.29 is 13.9 Å². The summed E-state index contributed by atoms with van der Waals surface area (Å²) in [7, 11) is 0. The Hall–Kier alpha value is -3.22. The van der Waals surface area contributed by atoms with Gasteiger partial charge in [-0.15, -0.1) is 0 Å². The molecule has 0 aliphatic carbocycles. The minimum Gasteiger partial charge on any atom is -0.484 e. The van der Waals surface area contributed by atoms with E-state index in [1.54, 1.807) is 17.0 Å². The molecule has 27 heavy (non-hydrogen) atoms. The van der Waals surface area contributed by atoms with Gasteiger partial charge >= 0.3 is 0 Å². The number of rotatable bonds is 4. The van der Waals surface area contributed by atoms with Gasteiger partial charge in [0.1, 0.15) is 17.4 Å². The second-order valence-electron chi connectivity index (χ2n) is 6.39. The fourth-order valence-corrected chi connectivity index (χ4v) is 3.20. The van der Waals surface area contributed by atoms with Crippen LogP contribution < -0.4 is 4.74 Å². The molecule has 1 aromatic heterocycles. The third-order valence-electron chi connectivity index (χ3n) is 4.60. The topological polar surface area (TPSA) is 60.2 Å². The second-order valence-corrected chi connectivity index (χ2v) is 6.39. The van der Waals surface area contributed by atoms with Gasteiger partial charge in [0.15, 0.2) is 12.4 Å². The zero-order valence-corrected chi connectivity index (χ0v) is 14.9. The van der Waals surface area contributed by atoms with E-state index in [1.807, 2.05) is 41.9 Å². The molecule has 0 fully saturated rings. The predicted molar refractivity (Wildman–Crippen MR) is 97.5 cm³/mol. The van der Waals surface area contributed by atoms with Gasteiger partial charge in [-0.25, -0.2) is 14.1 Å². The average molecular weight is 366 g/mol. The Morgan fingerprint density at radius 3 is 2.78 bits per heavy atom. The van der Waals surface area contributed by atoms with Crippen molar-refractivity contribution in [1.29, 1.82) is 0 Å². The molecule has 6 nitrogen and oxygen atoms in total. The number of amides is 1. The lowest BCUT2D eigenvalue weighted by atomic mass is 10.2. The summed E-state index contributed by atoms with van der Waals surface area (Å²) in [4.78, 5) is 19.0. The molecule has 1 atom stereocenters. The Morgan fingerprint density at radius 2 is 2.00 bits per heavy atom. The van der Waals surface area contributed by atoms with Gasteiger partial charge in [-0.2, -0.15) is 5.10 Å². The van der Waals surface area contributed by atoms with Gasteiger partial charge in [0.25, 0.3) is 5.91 Å². The summed E-state index contributed by atoms with van der Waals surface area (Å²) in [5.74, 6) is 1.18. The van der Waals surface area contributed by atoms with Crippen LogP contribution >= 0.6 is 0 Å². The molecule has 0 radical (unpaired) electrons. The Labute approximate surface area is 156 Å². The van der Waals surface area contributed by atoms with Gasteiger partial charge in [-0.05, 0) is 19.1 Å². The fourth-order valence-electron chi connectivity index (χ4n) is 3.20. The van der Waals surface area contributed by atoms with Gasteiger partial charge in [-0.1, -0.05) is 36.4 Å². The molecule has 1 aliphatic heterocycles. The van der Waals surface area contributed by atoms with Gasteiger partial charge in [0, 0.05) is 18.2 Å². The summed E-state index contributed by atoms with van der Waals surface area (Å²) < 4.78 is 20.5. The third kappa shape index (κ3) is 3.53. The number of hydrogen-bond acceptors (Lipinski definition) is 4. The molecule has 2 heterocycles. The van der Waals surface area contributed by atoms with E-state index >= 15 is 0 Å². The molecular weight excluding hydrogens is 347 g/mol. The lowest BCUT2D eigenvalue weighted by Gasteiger charge is -2.32. The largest absolute Gasteiger partial charge is 0.484 e. The minimum absolute atomic E-state index is 0.145. The first-order valence-corrected chi connectivity index (χ1v) is 8.80. The van der Waals surface area contributed by atoms with Crippen molar-refractivity contribution in [1.82, 2.24) is 19.7 Å². The normalized spacial score (nSPS) is 16.1. The van der Waals surface area contributed by atoms with Crippen LogP contribution in [0.15, 0.2) is 54.6 Å². The van der Waals surface area contributed by atoms with Crippen molar-refractivity contribution in [2.45, 2.75) is 19.5 Å². The Bertz CT molecular complexity index is 958. The maximum absolute atomic E-state index is 13.2. The number of benzene rings is 2. The molecule has 2 aromatic carbocycles. The molecule has 0 bridgehead atoms. The molecule has 3 aromatic rings. The minimum atomic E-state index is -0.396. The van der Waals surface area contributed by atoms with Crippen LogP contribution in [0.5, 0.6) is 5.75 Å². The Morgan fingerprint density at radius 1 is 1.19 bits per heavy atom. The second kappa shape index (κ2) is 7.19. The molecule has 138 valence electrons. The van der Waals surface area contributed by atoms with Crippen molar-refractivity contribution >= 4 is 5.91 Å². The molecule has 0 N–H and O–H groups in total. The lowest BCUT2D eigenvalue weighted by Crippen LogP contribution is -2.43. The first-order valence-electron chi connectivity index (χ1n) is 8.80. The Kier molecular flexibility index (Phi) is 4.58. The summed E-state index contributed by atoms with van der Waals surface area (Å²) in [6.07, 6.45) is 0. The lowest BCUT2D eigenvalue weighted by molar-refractivity contribution is -0.136. The van der Waals surface area contributed by atoms with Crippen LogP contribution in [0.1, 0.15) is 18.8 Å². The van der Waals surface area contributed by atoms with Crippen LogP contribution in [0, 0.1) is 5.82 Å². The van der Waals surface area contributed by atoms with E-state index in [2.05, 4.69) is 10.1 Å². The first kappa shape index (κ1) is 17.2. The zero-order valence-electron chi connectivity index (χ0n) is 14.9. The number of carbonyl (C=O) groups is 1. The van der Waals surface area contributed by atoms with Gasteiger partial charge in [-0.3, -0.25) is 4.79 Å². The van der Waals surface area contributed by atoms with Gasteiger partial charge < -0.3 is 9.64 Å². The summed E-state index contributed by atoms with van der Waals surface area (Å²) >= 11 is 0. The SMILES string of the molecule is C[C@H]1c2nc(-c3ccccc3)nn2CCN1C(=O)COc1cccc(F)c1. The van der Waals surface area contributed by atoms with Crippen molar-refractivity contribution in [2.24, 2.45) is 0 Å². The van der Waals surface area contributed by atoms with E-state index in [9.17, 15) is 9.18 Å². The number of fused-ring (bicyclic) bond motifs is 1. The maximum atomic E-state index is 13.2. The number of carbonyl (C=O) groups excluding carboxylic acids is 1. The fraction of sp³-hybridized carbons (Fsp3) is 0.250. The summed E-state index contributed by atoms with van der Waals surface area (Å²) in [6.45, 7) is 2.88. The Balaban J connectivity index is 1.47. The van der Waals surface area contributed by atoms with Crippen LogP contribution in [-0.4, -0.2) is 38.7 Å². The number of hydrogen-bond donors (Lipinski definition) is 0. The first-order chi connectivity index (χ1) is 13.1. The number of ether oxygens (including phenoxy) is 1. The maximum Gasteiger partial charge on any atom is 0.261 e. The predicted octanol–water partition coefficient (Wildman–Crippen LogP) is 3.07. The third-order valence-corrected chi connectivity index (χ3v) is 4.60. The van der Waals surface area contributed by atoms with Crippen LogP contribution in [0.3, 0.4) is 0 Å². The van der Waals surface area contributed by atoms with Gasteiger partial charge in [0.2, 0.25) is 0 Å². The number of aromatic nitrogens is 3. The van der Waals surface area contributed by atoms with Crippen LogP contribution in [0.25, 0.3) is 11.4 Å². The summed E-state index contributed by atoms with van der Waals surface area (Å²) in [5.41, 5.74) is 0.943. The summed E-state index contributed by atoms with van der Waals surface area (Å²) in [6, 6.07) is 15.3. The van der Waals surface area contributed by atoms with E-state index in [1.165, 1.54) is 12.1 Å². The molecule has 1 aliphatic rings. The monoisotopic (exact) mass is 366 g/mol. The molecule has 7 heteroatoms. The smallest absolute Gasteiger partial charge is 0.261 e. The standard InChI is InChI=1S/C20H19FN4O2/c1-14-20-22-19(15-6-3-2-4-7-15)23-25(20)11-10-24(14)18(26)13-27-17-9-5-8-16(21)12-17/h2-9,12,14H,10-11,13H2,1H3/t14-/m0/s1. The number of halogens is 1. The van der Waals surface area contributed by atoms with E-state index in [4.69, 9.17) is 4.74 Å². The molecular formula is C20H19FN4O2. The highest BCUT2D eigenvalue weighted by Crippen LogP contribution is 2.26. The molecule has 0 saturated carbocycles. The highest BCUT2D eigenvalue weighted by Gasteiger charge is 2.30. The van der Waals surface area contributed by atoms with Gasteiger partial charge in [0.05, 0.1) is 12.6 Å². The molecule has 4 rings (SSSR count). The van der Waals surface area contributed by atoms with Crippen LogP contribution in [0.4, 0.5) is 4.39 Å². The highest BCUT2D eigenvalue weighted by atomic mass is 19.1. The van der Waals surface area contributed by atoms with Crippen LogP contribution in [0.2, 0.25) is 0 Å². The molecule has 0 unspecified atom stereocenters. The van der Waals surface area contributed by atoms with Crippen molar-refractivity contribution in [3.05, 3.63) is 66.2 Å². The number of nitrogens with zero attached hydrogens (tertiary/aromatic N) is 4. The van der Waals surface area contributed by atoms with Crippen molar-refractivity contribution in [3.8, 4) is 17.1 Å². The van der Waals surface area contributed by atoms with Crippen LogP contribution in [-0.2, 0) is 11.3 Å². The van der Waals surface area contributed by atoms with Crippen molar-refractivity contribution in [2.75, 3.05) is 13.2 Å². The quantitative estimate of drug-likeness (QED) is 0.712. The molecule has 0 spiro atoms. The van der Waals surface area contributed by atoms with E-state index in [0.717, 1.165) is 11.4 Å². The van der Waals surface area contributed by atoms with E-state index < -0.39 is 5.82 Å². The average Bonchev–Trinajstić information content (AvgIpc) is 3.13. The summed E-state index contributed by atoms with van der Waals surface area (Å²) in [5, 5.41) is 4.56. The molecule has 1 amide bonds. The van der Waals surface area contributed by atoms with E-state index in [0.29, 0.717) is 24.7 Å². The highest BCUT2D eigenvalue weighted by molar-refractivity contribution is 5.78. The van der Waals surface area contributed by atoms with E-state index in [-0.39, 0.29) is 18.6 Å². The molecule has 0 saturated heterocycles.